The van der Waals surface area contributed by atoms with Crippen LogP contribution in [0.2, 0.25) is 0 Å². The second kappa shape index (κ2) is 4.60. The molecule has 2 atom stereocenters. The number of hydrogen-bond acceptors (Lipinski definition) is 4. The van der Waals surface area contributed by atoms with Crippen LogP contribution in [0, 0.1) is 12.8 Å². The van der Waals surface area contributed by atoms with Crippen LogP contribution in [0.4, 0.5) is 0 Å². The van der Waals surface area contributed by atoms with E-state index in [0.717, 1.165) is 6.54 Å². The maximum Gasteiger partial charge on any atom is 0.0898 e. The number of thiazole rings is 1. The first-order valence-corrected chi connectivity index (χ1v) is 6.37. The molecule has 15 heavy (non-hydrogen) atoms. The van der Waals surface area contributed by atoms with Gasteiger partial charge in [0.15, 0.2) is 0 Å². The summed E-state index contributed by atoms with van der Waals surface area (Å²) in [5, 5.41) is 6.67. The topological polar surface area (TPSA) is 28.2 Å². The molecule has 0 spiro atoms. The predicted octanol–water partition coefficient (Wildman–Crippen LogP) is 1.66. The summed E-state index contributed by atoms with van der Waals surface area (Å²) in [4.78, 5) is 7.05. The van der Waals surface area contributed by atoms with E-state index in [0.29, 0.717) is 12.0 Å². The van der Waals surface area contributed by atoms with Crippen LogP contribution in [-0.2, 0) is 0 Å². The van der Waals surface area contributed by atoms with E-state index in [-0.39, 0.29) is 0 Å². The summed E-state index contributed by atoms with van der Waals surface area (Å²) in [6, 6.07) is 0.516. The van der Waals surface area contributed by atoms with Gasteiger partial charge in [-0.2, -0.15) is 0 Å². The zero-order chi connectivity index (χ0) is 10.8. The number of aryl methyl sites for hydroxylation is 1. The molecule has 1 fully saturated rings. The van der Waals surface area contributed by atoms with Crippen LogP contribution in [0.15, 0.2) is 5.38 Å². The Hall–Kier alpha value is -0.450. The highest BCUT2D eigenvalue weighted by Crippen LogP contribution is 2.35. The summed E-state index contributed by atoms with van der Waals surface area (Å²) >= 11 is 1.76. The molecule has 1 N–H and O–H groups in total. The molecule has 0 aromatic carbocycles. The van der Waals surface area contributed by atoms with Gasteiger partial charge >= 0.3 is 0 Å². The maximum absolute atomic E-state index is 4.62. The van der Waals surface area contributed by atoms with Gasteiger partial charge in [-0.05, 0) is 46.4 Å². The van der Waals surface area contributed by atoms with Gasteiger partial charge in [-0.3, -0.25) is 4.90 Å². The van der Waals surface area contributed by atoms with Crippen molar-refractivity contribution in [3.05, 3.63) is 16.1 Å². The molecule has 1 aromatic rings. The van der Waals surface area contributed by atoms with Gasteiger partial charge in [0.2, 0.25) is 0 Å². The van der Waals surface area contributed by atoms with Crippen molar-refractivity contribution < 1.29 is 0 Å². The lowest BCUT2D eigenvalue weighted by atomic mass is 9.98. The van der Waals surface area contributed by atoms with Crippen molar-refractivity contribution in [3.8, 4) is 0 Å². The third kappa shape index (κ3) is 2.22. The lowest BCUT2D eigenvalue weighted by molar-refractivity contribution is 0.269. The van der Waals surface area contributed by atoms with Crippen LogP contribution in [0.3, 0.4) is 0 Å². The Morgan fingerprint density at radius 2 is 2.47 bits per heavy atom. The molecule has 2 unspecified atom stereocenters. The lowest BCUT2D eigenvalue weighted by Gasteiger charge is -2.23. The van der Waals surface area contributed by atoms with Gasteiger partial charge < -0.3 is 5.32 Å². The minimum Gasteiger partial charge on any atom is -0.319 e. The second-order valence-electron chi connectivity index (χ2n) is 4.32. The molecule has 1 saturated heterocycles. The van der Waals surface area contributed by atoms with Crippen LogP contribution >= 0.6 is 11.3 Å². The molecule has 0 radical (unpaired) electrons. The Bertz CT molecular complexity index is 321. The molecule has 0 aliphatic carbocycles. The molecule has 4 heteroatoms. The van der Waals surface area contributed by atoms with Gasteiger partial charge in [0.25, 0.3) is 0 Å². The SMILES string of the molecule is CNCC1CCN(C)C1c1csc(C)n1. The summed E-state index contributed by atoms with van der Waals surface area (Å²) in [6.45, 7) is 4.36. The standard InChI is InChI=1S/C11H19N3S/c1-8-13-10(7-15-8)11-9(6-12-2)4-5-14(11)3/h7,9,11-12H,4-6H2,1-3H3. The summed E-state index contributed by atoms with van der Waals surface area (Å²) in [5.41, 5.74) is 1.26. The van der Waals surface area contributed by atoms with Crippen molar-refractivity contribution in [1.29, 1.82) is 0 Å². The zero-order valence-electron chi connectivity index (χ0n) is 9.66. The molecular formula is C11H19N3S. The Morgan fingerprint density at radius 3 is 3.07 bits per heavy atom. The highest BCUT2D eigenvalue weighted by atomic mass is 32.1. The van der Waals surface area contributed by atoms with E-state index in [1.807, 2.05) is 7.05 Å². The predicted molar refractivity (Wildman–Crippen MR) is 64.3 cm³/mol. The molecule has 1 aliphatic heterocycles. The van der Waals surface area contributed by atoms with Gasteiger partial charge in [-0.25, -0.2) is 4.98 Å². The molecule has 0 saturated carbocycles. The Labute approximate surface area is 95.5 Å². The zero-order valence-corrected chi connectivity index (χ0v) is 10.5. The molecule has 0 amide bonds. The van der Waals surface area contributed by atoms with Crippen LogP contribution in [0.5, 0.6) is 0 Å². The van der Waals surface area contributed by atoms with Crippen molar-refractivity contribution in [2.24, 2.45) is 5.92 Å². The molecule has 3 nitrogen and oxygen atoms in total. The van der Waals surface area contributed by atoms with E-state index in [1.165, 1.54) is 23.7 Å². The van der Waals surface area contributed by atoms with Gasteiger partial charge in [0.1, 0.15) is 0 Å². The van der Waals surface area contributed by atoms with Gasteiger partial charge in [0, 0.05) is 5.38 Å². The normalized spacial score (nSPS) is 27.4. The van der Waals surface area contributed by atoms with Crippen molar-refractivity contribution in [1.82, 2.24) is 15.2 Å². The van der Waals surface area contributed by atoms with Gasteiger partial charge in [0.05, 0.1) is 16.7 Å². The van der Waals surface area contributed by atoms with Crippen LogP contribution in [0.25, 0.3) is 0 Å². The lowest BCUT2D eigenvalue weighted by Crippen LogP contribution is -2.27. The minimum absolute atomic E-state index is 0.516. The van der Waals surface area contributed by atoms with Crippen molar-refractivity contribution in [2.45, 2.75) is 19.4 Å². The molecule has 0 bridgehead atoms. The maximum atomic E-state index is 4.62. The van der Waals surface area contributed by atoms with E-state index in [4.69, 9.17) is 0 Å². The Morgan fingerprint density at radius 1 is 1.67 bits per heavy atom. The third-order valence-corrected chi connectivity index (χ3v) is 3.97. The Kier molecular flexibility index (Phi) is 3.38. The van der Waals surface area contributed by atoms with Gasteiger partial charge in [-0.15, -0.1) is 11.3 Å². The molecule has 2 heterocycles. The number of nitrogens with zero attached hydrogens (tertiary/aromatic N) is 2. The second-order valence-corrected chi connectivity index (χ2v) is 5.39. The van der Waals surface area contributed by atoms with Crippen LogP contribution in [-0.4, -0.2) is 37.1 Å². The third-order valence-electron chi connectivity index (χ3n) is 3.18. The first-order valence-electron chi connectivity index (χ1n) is 5.49. The molecule has 84 valence electrons. The first kappa shape index (κ1) is 11.0. The summed E-state index contributed by atoms with van der Waals surface area (Å²) in [5.74, 6) is 0.710. The summed E-state index contributed by atoms with van der Waals surface area (Å²) < 4.78 is 0. The fraction of sp³-hybridized carbons (Fsp3) is 0.727. The number of likely N-dealkylation sites (tertiary alicyclic amines) is 1. The molecular weight excluding hydrogens is 206 g/mol. The molecule has 1 aromatic heterocycles. The monoisotopic (exact) mass is 225 g/mol. The van der Waals surface area contributed by atoms with Crippen LogP contribution in [0.1, 0.15) is 23.2 Å². The van der Waals surface area contributed by atoms with Crippen molar-refractivity contribution in [2.75, 3.05) is 27.2 Å². The fourth-order valence-corrected chi connectivity index (χ4v) is 3.13. The number of hydrogen-bond donors (Lipinski definition) is 1. The largest absolute Gasteiger partial charge is 0.319 e. The fourth-order valence-electron chi connectivity index (χ4n) is 2.49. The first-order chi connectivity index (χ1) is 7.22. The number of aromatic nitrogens is 1. The summed E-state index contributed by atoms with van der Waals surface area (Å²) in [6.07, 6.45) is 1.28. The smallest absolute Gasteiger partial charge is 0.0898 e. The van der Waals surface area contributed by atoms with E-state index < -0.39 is 0 Å². The molecule has 1 aliphatic rings. The average molecular weight is 225 g/mol. The quantitative estimate of drug-likeness (QED) is 0.848. The molecule has 2 rings (SSSR count). The van der Waals surface area contributed by atoms with E-state index in [2.05, 4.69) is 34.6 Å². The van der Waals surface area contributed by atoms with E-state index in [1.54, 1.807) is 11.3 Å². The average Bonchev–Trinajstić information content (AvgIpc) is 2.74. The number of rotatable bonds is 3. The van der Waals surface area contributed by atoms with E-state index in [9.17, 15) is 0 Å². The highest BCUT2D eigenvalue weighted by Gasteiger charge is 2.33. The van der Waals surface area contributed by atoms with Gasteiger partial charge in [-0.1, -0.05) is 0 Å². The van der Waals surface area contributed by atoms with Crippen LogP contribution < -0.4 is 5.32 Å². The Balaban J connectivity index is 2.17. The number of nitrogens with one attached hydrogen (secondary N) is 1. The minimum atomic E-state index is 0.516. The summed E-state index contributed by atoms with van der Waals surface area (Å²) in [7, 11) is 4.23. The highest BCUT2D eigenvalue weighted by molar-refractivity contribution is 7.09. The van der Waals surface area contributed by atoms with Crippen molar-refractivity contribution in [3.63, 3.8) is 0 Å². The van der Waals surface area contributed by atoms with Crippen molar-refractivity contribution >= 4 is 11.3 Å². The van der Waals surface area contributed by atoms with E-state index >= 15 is 0 Å².